The number of amides is 1. The van der Waals surface area contributed by atoms with E-state index in [0.29, 0.717) is 12.1 Å². The number of anilines is 1. The number of carbonyl (C=O) groups excluding carboxylic acids is 1. The Hall–Kier alpha value is -2.58. The highest BCUT2D eigenvalue weighted by atomic mass is 16.3. The van der Waals surface area contributed by atoms with Gasteiger partial charge in [-0.1, -0.05) is 12.1 Å². The van der Waals surface area contributed by atoms with Crippen LogP contribution in [-0.2, 0) is 11.2 Å². The zero-order chi connectivity index (χ0) is 15.1. The Bertz CT molecular complexity index is 612. The molecule has 0 fully saturated rings. The second-order valence-electron chi connectivity index (χ2n) is 4.70. The van der Waals surface area contributed by atoms with E-state index >= 15 is 0 Å². The number of hydrogen-bond acceptors (Lipinski definition) is 4. The van der Waals surface area contributed by atoms with Crippen LogP contribution in [0.5, 0.6) is 0 Å². The molecule has 0 bridgehead atoms. The predicted octanol–water partition coefficient (Wildman–Crippen LogP) is 2.63. The van der Waals surface area contributed by atoms with Gasteiger partial charge < -0.3 is 9.73 Å². The van der Waals surface area contributed by atoms with E-state index in [9.17, 15) is 4.79 Å². The number of nitrogens with one attached hydrogen (secondary N) is 2. The van der Waals surface area contributed by atoms with Gasteiger partial charge in [-0.2, -0.15) is 5.26 Å². The number of carbonyl (C=O) groups is 1. The summed E-state index contributed by atoms with van der Waals surface area (Å²) in [6.07, 6.45) is 1.98. The molecule has 0 unspecified atom stereocenters. The lowest BCUT2D eigenvalue weighted by molar-refractivity contribution is -0.115. The van der Waals surface area contributed by atoms with Crippen LogP contribution in [0.3, 0.4) is 0 Å². The quantitative estimate of drug-likeness (QED) is 0.854. The second-order valence-corrected chi connectivity index (χ2v) is 4.70. The predicted molar refractivity (Wildman–Crippen MR) is 79.5 cm³/mol. The topological polar surface area (TPSA) is 78.1 Å². The SMILES string of the molecule is C[C@@H](NCC(=O)Nc1ccc(CC#N)cc1)c1ccco1. The second kappa shape index (κ2) is 7.27. The number of hydrogen-bond donors (Lipinski definition) is 2. The summed E-state index contributed by atoms with van der Waals surface area (Å²) in [6.45, 7) is 2.13. The maximum Gasteiger partial charge on any atom is 0.238 e. The van der Waals surface area contributed by atoms with Gasteiger partial charge in [0.05, 0.1) is 31.3 Å². The van der Waals surface area contributed by atoms with Crippen molar-refractivity contribution in [2.24, 2.45) is 0 Å². The molecular formula is C16H17N3O2. The molecule has 5 heteroatoms. The van der Waals surface area contributed by atoms with Crippen molar-refractivity contribution in [3.05, 3.63) is 54.0 Å². The number of benzene rings is 1. The van der Waals surface area contributed by atoms with E-state index in [0.717, 1.165) is 11.3 Å². The summed E-state index contributed by atoms with van der Waals surface area (Å²) >= 11 is 0. The Morgan fingerprint density at radius 3 is 2.71 bits per heavy atom. The molecule has 2 rings (SSSR count). The summed E-state index contributed by atoms with van der Waals surface area (Å²) in [4.78, 5) is 11.8. The molecule has 21 heavy (non-hydrogen) atoms. The van der Waals surface area contributed by atoms with Crippen LogP contribution in [0.2, 0.25) is 0 Å². The number of nitrogens with zero attached hydrogens (tertiary/aromatic N) is 1. The Morgan fingerprint density at radius 1 is 1.33 bits per heavy atom. The molecule has 1 atom stereocenters. The van der Waals surface area contributed by atoms with Gasteiger partial charge in [-0.3, -0.25) is 10.1 Å². The summed E-state index contributed by atoms with van der Waals surface area (Å²) in [7, 11) is 0. The first kappa shape index (κ1) is 14.8. The van der Waals surface area contributed by atoms with Gasteiger partial charge in [0.15, 0.2) is 0 Å². The Balaban J connectivity index is 1.80. The van der Waals surface area contributed by atoms with Crippen LogP contribution in [0.15, 0.2) is 47.1 Å². The molecule has 108 valence electrons. The maximum atomic E-state index is 11.8. The van der Waals surface area contributed by atoms with Crippen molar-refractivity contribution in [2.75, 3.05) is 11.9 Å². The molecular weight excluding hydrogens is 266 g/mol. The molecule has 0 saturated heterocycles. The zero-order valence-corrected chi connectivity index (χ0v) is 11.8. The van der Waals surface area contributed by atoms with E-state index in [1.54, 1.807) is 18.4 Å². The van der Waals surface area contributed by atoms with Crippen LogP contribution in [0.1, 0.15) is 24.3 Å². The molecule has 5 nitrogen and oxygen atoms in total. The molecule has 1 aromatic carbocycles. The third-order valence-corrected chi connectivity index (χ3v) is 3.06. The minimum atomic E-state index is -0.124. The van der Waals surface area contributed by atoms with Crippen molar-refractivity contribution in [3.8, 4) is 6.07 Å². The van der Waals surface area contributed by atoms with Crippen molar-refractivity contribution < 1.29 is 9.21 Å². The highest BCUT2D eigenvalue weighted by molar-refractivity contribution is 5.92. The smallest absolute Gasteiger partial charge is 0.238 e. The van der Waals surface area contributed by atoms with Gasteiger partial charge in [0.1, 0.15) is 5.76 Å². The molecule has 0 saturated carbocycles. The highest BCUT2D eigenvalue weighted by Gasteiger charge is 2.09. The minimum absolute atomic E-state index is 0.0243. The lowest BCUT2D eigenvalue weighted by Crippen LogP contribution is -2.29. The van der Waals surface area contributed by atoms with E-state index in [4.69, 9.17) is 9.68 Å². The van der Waals surface area contributed by atoms with Crippen LogP contribution in [-0.4, -0.2) is 12.5 Å². The monoisotopic (exact) mass is 283 g/mol. The molecule has 0 aliphatic carbocycles. The average molecular weight is 283 g/mol. The van der Waals surface area contributed by atoms with E-state index in [-0.39, 0.29) is 18.5 Å². The fourth-order valence-electron chi connectivity index (χ4n) is 1.89. The highest BCUT2D eigenvalue weighted by Crippen LogP contribution is 2.12. The standard InChI is InChI=1S/C16H17N3O2/c1-12(15-3-2-10-21-15)18-11-16(20)19-14-6-4-13(5-7-14)8-9-17/h2-7,10,12,18H,8,11H2,1H3,(H,19,20)/t12-/m1/s1. The molecule has 0 aliphatic heterocycles. The van der Waals surface area contributed by atoms with Crippen LogP contribution in [0, 0.1) is 11.3 Å². The van der Waals surface area contributed by atoms with E-state index in [1.807, 2.05) is 31.2 Å². The first-order valence-electron chi connectivity index (χ1n) is 6.71. The van der Waals surface area contributed by atoms with Crippen LogP contribution < -0.4 is 10.6 Å². The molecule has 2 aromatic rings. The normalized spacial score (nSPS) is 11.6. The van der Waals surface area contributed by atoms with E-state index < -0.39 is 0 Å². The Kier molecular flexibility index (Phi) is 5.13. The molecule has 1 amide bonds. The third-order valence-electron chi connectivity index (χ3n) is 3.06. The lowest BCUT2D eigenvalue weighted by Gasteiger charge is -2.11. The van der Waals surface area contributed by atoms with Gasteiger partial charge in [-0.05, 0) is 36.8 Å². The van der Waals surface area contributed by atoms with Crippen LogP contribution in [0.25, 0.3) is 0 Å². The summed E-state index contributed by atoms with van der Waals surface area (Å²) in [5.74, 6) is 0.671. The Labute approximate surface area is 123 Å². The maximum absolute atomic E-state index is 11.8. The molecule has 1 heterocycles. The first-order chi connectivity index (χ1) is 10.2. The van der Waals surface area contributed by atoms with Gasteiger partial charge in [0.25, 0.3) is 0 Å². The molecule has 0 radical (unpaired) electrons. The molecule has 1 aromatic heterocycles. The van der Waals surface area contributed by atoms with Crippen molar-refractivity contribution in [1.82, 2.24) is 5.32 Å². The third kappa shape index (κ3) is 4.48. The largest absolute Gasteiger partial charge is 0.468 e. The Morgan fingerprint density at radius 2 is 2.10 bits per heavy atom. The summed E-state index contributed by atoms with van der Waals surface area (Å²) < 4.78 is 5.26. The van der Waals surface area contributed by atoms with Gasteiger partial charge in [-0.25, -0.2) is 0 Å². The van der Waals surface area contributed by atoms with E-state index in [2.05, 4.69) is 16.7 Å². The number of rotatable bonds is 6. The number of furan rings is 1. The van der Waals surface area contributed by atoms with Crippen LogP contribution >= 0.6 is 0 Å². The van der Waals surface area contributed by atoms with Crippen LogP contribution in [0.4, 0.5) is 5.69 Å². The van der Waals surface area contributed by atoms with Crippen molar-refractivity contribution in [2.45, 2.75) is 19.4 Å². The first-order valence-corrected chi connectivity index (χ1v) is 6.71. The van der Waals surface area contributed by atoms with Gasteiger partial charge >= 0.3 is 0 Å². The molecule has 2 N–H and O–H groups in total. The lowest BCUT2D eigenvalue weighted by atomic mass is 10.1. The minimum Gasteiger partial charge on any atom is -0.468 e. The summed E-state index contributed by atoms with van der Waals surface area (Å²) in [5, 5.41) is 14.5. The molecule has 0 aliphatic rings. The van der Waals surface area contributed by atoms with Crippen molar-refractivity contribution in [1.29, 1.82) is 5.26 Å². The van der Waals surface area contributed by atoms with Gasteiger partial charge in [0, 0.05) is 5.69 Å². The summed E-state index contributed by atoms with van der Waals surface area (Å²) in [6, 6.07) is 13.0. The summed E-state index contributed by atoms with van der Waals surface area (Å²) in [5.41, 5.74) is 1.65. The van der Waals surface area contributed by atoms with Crippen molar-refractivity contribution >= 4 is 11.6 Å². The zero-order valence-electron chi connectivity index (χ0n) is 11.8. The van der Waals surface area contributed by atoms with Gasteiger partial charge in [-0.15, -0.1) is 0 Å². The number of nitriles is 1. The average Bonchev–Trinajstić information content (AvgIpc) is 3.01. The molecule has 0 spiro atoms. The fourth-order valence-corrected chi connectivity index (χ4v) is 1.89. The fraction of sp³-hybridized carbons (Fsp3) is 0.250. The van der Waals surface area contributed by atoms with Crippen molar-refractivity contribution in [3.63, 3.8) is 0 Å². The van der Waals surface area contributed by atoms with E-state index in [1.165, 1.54) is 0 Å². The van der Waals surface area contributed by atoms with Gasteiger partial charge in [0.2, 0.25) is 5.91 Å².